The Hall–Kier alpha value is -0.830. The van der Waals surface area contributed by atoms with Crippen molar-refractivity contribution in [3.8, 4) is 0 Å². The molecule has 0 aliphatic heterocycles. The van der Waals surface area contributed by atoms with Gasteiger partial charge in [-0.25, -0.2) is 4.79 Å². The van der Waals surface area contributed by atoms with Crippen molar-refractivity contribution in [1.82, 2.24) is 0 Å². The lowest BCUT2D eigenvalue weighted by molar-refractivity contribution is -0.150. The number of hydrogen-bond donors (Lipinski definition) is 1. The quantitative estimate of drug-likeness (QED) is 0.202. The number of rotatable bonds is 17. The zero-order chi connectivity index (χ0) is 17.9. The van der Waals surface area contributed by atoms with Crippen LogP contribution in [-0.2, 0) is 9.53 Å². The number of hydrogen-bond acceptors (Lipinski definition) is 3. The van der Waals surface area contributed by atoms with Crippen molar-refractivity contribution >= 4 is 5.97 Å². The number of aliphatic hydroxyl groups is 1. The van der Waals surface area contributed by atoms with Crippen LogP contribution in [0.2, 0.25) is 0 Å². The van der Waals surface area contributed by atoms with Gasteiger partial charge >= 0.3 is 5.97 Å². The number of esters is 1. The second-order valence-corrected chi connectivity index (χ2v) is 6.77. The molecule has 0 rings (SSSR count). The number of carbonyl (C=O) groups excluding carboxylic acids is 1. The van der Waals surface area contributed by atoms with Crippen LogP contribution < -0.4 is 0 Å². The van der Waals surface area contributed by atoms with Gasteiger partial charge in [0, 0.05) is 0 Å². The Bertz CT molecular complexity index is 299. The van der Waals surface area contributed by atoms with Gasteiger partial charge < -0.3 is 9.84 Å². The average molecular weight is 341 g/mol. The monoisotopic (exact) mass is 340 g/mol. The minimum absolute atomic E-state index is 0.446. The van der Waals surface area contributed by atoms with Crippen LogP contribution >= 0.6 is 0 Å². The zero-order valence-electron chi connectivity index (χ0n) is 16.1. The first-order valence-corrected chi connectivity index (χ1v) is 10.1. The van der Waals surface area contributed by atoms with Gasteiger partial charge in [0.15, 0.2) is 6.10 Å². The molecule has 0 aromatic heterocycles. The lowest BCUT2D eigenvalue weighted by atomic mass is 10.0. The van der Waals surface area contributed by atoms with Gasteiger partial charge in [-0.1, -0.05) is 89.7 Å². The Labute approximate surface area is 149 Å². The molecular formula is C21H40O3. The van der Waals surface area contributed by atoms with E-state index in [9.17, 15) is 9.90 Å². The molecule has 24 heavy (non-hydrogen) atoms. The summed E-state index contributed by atoms with van der Waals surface area (Å²) in [5.74, 6) is -0.538. The molecule has 0 amide bonds. The van der Waals surface area contributed by atoms with E-state index in [0.29, 0.717) is 6.42 Å². The van der Waals surface area contributed by atoms with E-state index in [0.717, 1.165) is 12.8 Å². The number of aliphatic hydroxyl groups excluding tert-OH is 1. The van der Waals surface area contributed by atoms with Crippen LogP contribution in [0, 0.1) is 0 Å². The average Bonchev–Trinajstić information content (AvgIpc) is 2.60. The molecule has 0 saturated heterocycles. The molecule has 0 aliphatic rings. The fourth-order valence-electron chi connectivity index (χ4n) is 2.85. The summed E-state index contributed by atoms with van der Waals surface area (Å²) in [6.07, 6.45) is 22.1. The number of allylic oxidation sites excluding steroid dienone is 2. The zero-order valence-corrected chi connectivity index (χ0v) is 16.1. The molecule has 0 aromatic rings. The molecule has 0 saturated carbocycles. The third-order valence-electron chi connectivity index (χ3n) is 4.47. The SMILES string of the molecule is CCCCCCCCCCCCCC/C=C\CC[C@@H](O)C(=O)OC. The number of methoxy groups -OCH3 is 1. The van der Waals surface area contributed by atoms with E-state index >= 15 is 0 Å². The topological polar surface area (TPSA) is 46.5 Å². The minimum Gasteiger partial charge on any atom is -0.467 e. The number of unbranched alkanes of at least 4 members (excludes halogenated alkanes) is 12. The highest BCUT2D eigenvalue weighted by molar-refractivity contribution is 5.74. The predicted octanol–water partition coefficient (Wildman–Crippen LogP) is 5.95. The molecule has 0 spiro atoms. The maximum Gasteiger partial charge on any atom is 0.334 e. The Morgan fingerprint density at radius 3 is 1.79 bits per heavy atom. The lowest BCUT2D eigenvalue weighted by Gasteiger charge is -2.05. The van der Waals surface area contributed by atoms with Crippen molar-refractivity contribution in [1.29, 1.82) is 0 Å². The molecule has 3 heteroatoms. The molecule has 0 aliphatic carbocycles. The first-order valence-electron chi connectivity index (χ1n) is 10.1. The first kappa shape index (κ1) is 23.2. The van der Waals surface area contributed by atoms with Gasteiger partial charge in [-0.3, -0.25) is 0 Å². The van der Waals surface area contributed by atoms with E-state index in [1.807, 2.05) is 0 Å². The van der Waals surface area contributed by atoms with Crippen molar-refractivity contribution in [2.24, 2.45) is 0 Å². The highest BCUT2D eigenvalue weighted by Gasteiger charge is 2.13. The third kappa shape index (κ3) is 16.0. The van der Waals surface area contributed by atoms with Crippen molar-refractivity contribution < 1.29 is 14.6 Å². The van der Waals surface area contributed by atoms with Gasteiger partial charge in [0.2, 0.25) is 0 Å². The molecule has 0 aromatic carbocycles. The second kappa shape index (κ2) is 18.5. The highest BCUT2D eigenvalue weighted by Crippen LogP contribution is 2.12. The summed E-state index contributed by atoms with van der Waals surface area (Å²) >= 11 is 0. The number of ether oxygens (including phenoxy) is 1. The van der Waals surface area contributed by atoms with Gasteiger partial charge in [-0.15, -0.1) is 0 Å². The van der Waals surface area contributed by atoms with Gasteiger partial charge in [-0.05, 0) is 25.7 Å². The highest BCUT2D eigenvalue weighted by atomic mass is 16.5. The summed E-state index contributed by atoms with van der Waals surface area (Å²) in [6, 6.07) is 0. The fourth-order valence-corrected chi connectivity index (χ4v) is 2.85. The lowest BCUT2D eigenvalue weighted by Crippen LogP contribution is -2.21. The first-order chi connectivity index (χ1) is 11.7. The summed E-state index contributed by atoms with van der Waals surface area (Å²) in [7, 11) is 1.30. The standard InChI is InChI=1S/C21H40O3/c1-3-4-5-6-7-8-9-10-11-12-13-14-15-16-17-18-19-20(22)21(23)24-2/h16-17,20,22H,3-15,18-19H2,1-2H3/b17-16-/t20-/m1/s1. The smallest absolute Gasteiger partial charge is 0.334 e. The van der Waals surface area contributed by atoms with E-state index in [1.165, 1.54) is 84.2 Å². The molecule has 0 heterocycles. The van der Waals surface area contributed by atoms with Crippen molar-refractivity contribution in [3.05, 3.63) is 12.2 Å². The molecule has 0 unspecified atom stereocenters. The van der Waals surface area contributed by atoms with Gasteiger partial charge in [0.25, 0.3) is 0 Å². The molecule has 0 bridgehead atoms. The van der Waals surface area contributed by atoms with Crippen molar-refractivity contribution in [2.75, 3.05) is 7.11 Å². The summed E-state index contributed by atoms with van der Waals surface area (Å²) < 4.78 is 4.48. The predicted molar refractivity (Wildman–Crippen MR) is 102 cm³/mol. The van der Waals surface area contributed by atoms with Crippen LogP contribution in [0.4, 0.5) is 0 Å². The Morgan fingerprint density at radius 1 is 0.833 bits per heavy atom. The van der Waals surface area contributed by atoms with Crippen LogP contribution in [0.3, 0.4) is 0 Å². The largest absolute Gasteiger partial charge is 0.467 e. The summed E-state index contributed by atoms with van der Waals surface area (Å²) in [4.78, 5) is 11.0. The molecule has 1 atom stereocenters. The Morgan fingerprint density at radius 2 is 1.29 bits per heavy atom. The van der Waals surface area contributed by atoms with Crippen LogP contribution in [0.1, 0.15) is 103 Å². The summed E-state index contributed by atoms with van der Waals surface area (Å²) in [5.41, 5.74) is 0. The minimum atomic E-state index is -0.980. The second-order valence-electron chi connectivity index (χ2n) is 6.77. The summed E-state index contributed by atoms with van der Waals surface area (Å²) in [6.45, 7) is 2.27. The van der Waals surface area contributed by atoms with Gasteiger partial charge in [-0.2, -0.15) is 0 Å². The Kier molecular flexibility index (Phi) is 17.9. The van der Waals surface area contributed by atoms with Crippen molar-refractivity contribution in [2.45, 2.75) is 109 Å². The fraction of sp³-hybridized carbons (Fsp3) is 0.857. The van der Waals surface area contributed by atoms with Crippen molar-refractivity contribution in [3.63, 3.8) is 0 Å². The van der Waals surface area contributed by atoms with Crippen LogP contribution in [0.5, 0.6) is 0 Å². The van der Waals surface area contributed by atoms with E-state index in [-0.39, 0.29) is 0 Å². The molecule has 0 radical (unpaired) electrons. The molecule has 142 valence electrons. The molecule has 1 N–H and O–H groups in total. The maximum atomic E-state index is 11.0. The van der Waals surface area contributed by atoms with Gasteiger partial charge in [0.1, 0.15) is 0 Å². The van der Waals surface area contributed by atoms with E-state index in [4.69, 9.17) is 0 Å². The molecule has 0 fully saturated rings. The van der Waals surface area contributed by atoms with Gasteiger partial charge in [0.05, 0.1) is 7.11 Å². The molecular weight excluding hydrogens is 300 g/mol. The molecule has 3 nitrogen and oxygen atoms in total. The van der Waals surface area contributed by atoms with Crippen LogP contribution in [-0.4, -0.2) is 24.3 Å². The Balaban J connectivity index is 3.19. The van der Waals surface area contributed by atoms with E-state index < -0.39 is 12.1 Å². The van der Waals surface area contributed by atoms with E-state index in [2.05, 4.69) is 23.8 Å². The van der Waals surface area contributed by atoms with Crippen LogP contribution in [0.15, 0.2) is 12.2 Å². The normalized spacial score (nSPS) is 12.6. The maximum absolute atomic E-state index is 11.0. The number of carbonyl (C=O) groups is 1. The van der Waals surface area contributed by atoms with Crippen LogP contribution in [0.25, 0.3) is 0 Å². The summed E-state index contributed by atoms with van der Waals surface area (Å²) in [5, 5.41) is 9.42. The third-order valence-corrected chi connectivity index (χ3v) is 4.47. The van der Waals surface area contributed by atoms with E-state index in [1.54, 1.807) is 0 Å².